The number of fused-ring (bicyclic) bond motifs is 1. The minimum atomic E-state index is -0.552. The van der Waals surface area contributed by atoms with E-state index in [-0.39, 0.29) is 18.4 Å². The average molecular weight is 359 g/mol. The number of urea groups is 1. The maximum absolute atomic E-state index is 12.6. The van der Waals surface area contributed by atoms with Crippen molar-refractivity contribution in [1.82, 2.24) is 19.9 Å². The van der Waals surface area contributed by atoms with E-state index in [1.165, 1.54) is 0 Å². The smallest absolute Gasteiger partial charge is 0.319 e. The number of nitrogens with one attached hydrogen (secondary N) is 2. The number of hydrogen-bond acceptors (Lipinski definition) is 5. The molecule has 2 aromatic rings. The van der Waals surface area contributed by atoms with Crippen molar-refractivity contribution >= 4 is 23.3 Å². The van der Waals surface area contributed by atoms with Crippen LogP contribution in [0.1, 0.15) is 51.3 Å². The summed E-state index contributed by atoms with van der Waals surface area (Å²) in [5.41, 5.74) is 0.611. The highest BCUT2D eigenvalue weighted by atomic mass is 16.5. The summed E-state index contributed by atoms with van der Waals surface area (Å²) in [5.74, 6) is 0.357. The van der Waals surface area contributed by atoms with Gasteiger partial charge in [-0.1, -0.05) is 19.3 Å². The number of amides is 2. The quantitative estimate of drug-likeness (QED) is 0.800. The first-order valence-electron chi connectivity index (χ1n) is 9.08. The lowest BCUT2D eigenvalue weighted by Crippen LogP contribution is -2.52. The van der Waals surface area contributed by atoms with Crippen LogP contribution in [0, 0.1) is 6.92 Å². The second-order valence-corrected chi connectivity index (χ2v) is 6.75. The third kappa shape index (κ3) is 4.12. The van der Waals surface area contributed by atoms with Gasteiger partial charge < -0.3 is 15.4 Å². The molecule has 0 atom stereocenters. The molecule has 1 fully saturated rings. The molecule has 8 heteroatoms. The van der Waals surface area contributed by atoms with Crippen LogP contribution in [0.15, 0.2) is 18.3 Å². The first-order chi connectivity index (χ1) is 12.5. The summed E-state index contributed by atoms with van der Waals surface area (Å²) in [6.45, 7) is 3.93. The second kappa shape index (κ2) is 7.72. The van der Waals surface area contributed by atoms with Crippen molar-refractivity contribution < 1.29 is 14.3 Å². The summed E-state index contributed by atoms with van der Waals surface area (Å²) >= 11 is 0. The van der Waals surface area contributed by atoms with Crippen molar-refractivity contribution in [3.05, 3.63) is 24.2 Å². The highest BCUT2D eigenvalue weighted by Gasteiger charge is 2.36. The van der Waals surface area contributed by atoms with Gasteiger partial charge in [-0.25, -0.2) is 14.3 Å². The van der Waals surface area contributed by atoms with Crippen molar-refractivity contribution in [2.75, 3.05) is 11.9 Å². The molecule has 2 N–H and O–H groups in total. The van der Waals surface area contributed by atoms with Crippen molar-refractivity contribution in [2.45, 2.75) is 57.9 Å². The SMILES string of the molecule is CCOC(=O)CC1(NC(=O)Nc2cccn3nc(C)nc23)CCCCC1. The zero-order chi connectivity index (χ0) is 18.6. The van der Waals surface area contributed by atoms with E-state index in [1.807, 2.05) is 0 Å². The van der Waals surface area contributed by atoms with Crippen LogP contribution in [0.5, 0.6) is 0 Å². The van der Waals surface area contributed by atoms with Crippen LogP contribution in [-0.2, 0) is 9.53 Å². The van der Waals surface area contributed by atoms with E-state index in [4.69, 9.17) is 4.74 Å². The fourth-order valence-electron chi connectivity index (χ4n) is 3.57. The molecule has 0 bridgehead atoms. The molecule has 2 aromatic heterocycles. The monoisotopic (exact) mass is 359 g/mol. The van der Waals surface area contributed by atoms with E-state index in [0.29, 0.717) is 23.8 Å². The van der Waals surface area contributed by atoms with Gasteiger partial charge in [-0.3, -0.25) is 4.79 Å². The molecule has 0 spiro atoms. The van der Waals surface area contributed by atoms with Gasteiger partial charge in [0.2, 0.25) is 0 Å². The molecular formula is C18H25N5O3. The van der Waals surface area contributed by atoms with Gasteiger partial charge in [0.1, 0.15) is 5.82 Å². The highest BCUT2D eigenvalue weighted by Crippen LogP contribution is 2.31. The number of rotatable bonds is 5. The molecule has 26 heavy (non-hydrogen) atoms. The van der Waals surface area contributed by atoms with Crippen LogP contribution in [0.4, 0.5) is 10.5 Å². The summed E-state index contributed by atoms with van der Waals surface area (Å²) < 4.78 is 6.72. The molecule has 2 heterocycles. The molecule has 0 unspecified atom stereocenters. The molecule has 140 valence electrons. The van der Waals surface area contributed by atoms with Crippen molar-refractivity contribution in [1.29, 1.82) is 0 Å². The number of ether oxygens (including phenoxy) is 1. The lowest BCUT2D eigenvalue weighted by Gasteiger charge is -2.37. The van der Waals surface area contributed by atoms with Gasteiger partial charge in [0.15, 0.2) is 5.65 Å². The van der Waals surface area contributed by atoms with Gasteiger partial charge in [0.25, 0.3) is 0 Å². The van der Waals surface area contributed by atoms with E-state index < -0.39 is 5.54 Å². The summed E-state index contributed by atoms with van der Waals surface area (Å²) in [4.78, 5) is 29.0. The Balaban J connectivity index is 1.73. The average Bonchev–Trinajstić information content (AvgIpc) is 2.97. The maximum Gasteiger partial charge on any atom is 0.319 e. The first kappa shape index (κ1) is 18.2. The Labute approximate surface area is 152 Å². The van der Waals surface area contributed by atoms with Gasteiger partial charge >= 0.3 is 12.0 Å². The molecule has 1 aliphatic rings. The molecular weight excluding hydrogens is 334 g/mol. The van der Waals surface area contributed by atoms with E-state index in [9.17, 15) is 9.59 Å². The zero-order valence-corrected chi connectivity index (χ0v) is 15.2. The molecule has 1 aliphatic carbocycles. The summed E-state index contributed by atoms with van der Waals surface area (Å²) in [5, 5.41) is 10.1. The standard InChI is InChI=1S/C18H25N5O3/c1-3-26-15(24)12-18(9-5-4-6-10-18)21-17(25)20-14-8-7-11-23-16(14)19-13(2)22-23/h7-8,11H,3-6,9-10,12H2,1-2H3,(H2,20,21,25). The Morgan fingerprint density at radius 3 is 2.81 bits per heavy atom. The van der Waals surface area contributed by atoms with Crippen LogP contribution < -0.4 is 10.6 Å². The number of aryl methyl sites for hydroxylation is 1. The summed E-state index contributed by atoms with van der Waals surface area (Å²) in [6.07, 6.45) is 6.61. The predicted molar refractivity (Wildman–Crippen MR) is 96.9 cm³/mol. The Morgan fingerprint density at radius 2 is 2.08 bits per heavy atom. The van der Waals surface area contributed by atoms with E-state index >= 15 is 0 Å². The number of aromatic nitrogens is 3. The Kier molecular flexibility index (Phi) is 5.39. The van der Waals surface area contributed by atoms with Crippen LogP contribution in [0.3, 0.4) is 0 Å². The van der Waals surface area contributed by atoms with Gasteiger partial charge in [0, 0.05) is 6.20 Å². The first-order valence-corrected chi connectivity index (χ1v) is 9.08. The van der Waals surface area contributed by atoms with Crippen LogP contribution in [0.2, 0.25) is 0 Å². The molecule has 0 aliphatic heterocycles. The Morgan fingerprint density at radius 1 is 1.31 bits per heavy atom. The highest BCUT2D eigenvalue weighted by molar-refractivity contribution is 5.93. The van der Waals surface area contributed by atoms with E-state index in [0.717, 1.165) is 32.1 Å². The normalized spacial score (nSPS) is 16.2. The molecule has 3 rings (SSSR count). The van der Waals surface area contributed by atoms with Crippen LogP contribution >= 0.6 is 0 Å². The molecule has 8 nitrogen and oxygen atoms in total. The fraction of sp³-hybridized carbons (Fsp3) is 0.556. The number of anilines is 1. The number of hydrogen-bond donors (Lipinski definition) is 2. The largest absolute Gasteiger partial charge is 0.466 e. The minimum absolute atomic E-state index is 0.197. The number of carbonyl (C=O) groups is 2. The lowest BCUT2D eigenvalue weighted by molar-refractivity contribution is -0.145. The Hall–Kier alpha value is -2.64. The van der Waals surface area contributed by atoms with Gasteiger partial charge in [-0.15, -0.1) is 0 Å². The maximum atomic E-state index is 12.6. The molecule has 1 saturated carbocycles. The molecule has 0 aromatic carbocycles. The third-order valence-electron chi connectivity index (χ3n) is 4.69. The third-order valence-corrected chi connectivity index (χ3v) is 4.69. The van der Waals surface area contributed by atoms with Crippen molar-refractivity contribution in [3.63, 3.8) is 0 Å². The number of carbonyl (C=O) groups excluding carboxylic acids is 2. The number of nitrogens with zero attached hydrogens (tertiary/aromatic N) is 3. The minimum Gasteiger partial charge on any atom is -0.466 e. The zero-order valence-electron chi connectivity index (χ0n) is 15.2. The van der Waals surface area contributed by atoms with E-state index in [2.05, 4.69) is 20.7 Å². The summed E-state index contributed by atoms with van der Waals surface area (Å²) in [6, 6.07) is 3.23. The number of pyridine rings is 1. The van der Waals surface area contributed by atoms with Crippen molar-refractivity contribution in [2.24, 2.45) is 0 Å². The van der Waals surface area contributed by atoms with Gasteiger partial charge in [-0.2, -0.15) is 5.10 Å². The molecule has 0 saturated heterocycles. The Bertz CT molecular complexity index is 795. The van der Waals surface area contributed by atoms with Gasteiger partial charge in [-0.05, 0) is 38.8 Å². The fourth-order valence-corrected chi connectivity index (χ4v) is 3.57. The van der Waals surface area contributed by atoms with Gasteiger partial charge in [0.05, 0.1) is 24.3 Å². The molecule has 2 amide bonds. The summed E-state index contributed by atoms with van der Waals surface area (Å²) in [7, 11) is 0. The predicted octanol–water partition coefficient (Wildman–Crippen LogP) is 2.82. The van der Waals surface area contributed by atoms with Crippen LogP contribution in [0.25, 0.3) is 5.65 Å². The van der Waals surface area contributed by atoms with Crippen molar-refractivity contribution in [3.8, 4) is 0 Å². The second-order valence-electron chi connectivity index (χ2n) is 6.75. The van der Waals surface area contributed by atoms with Crippen LogP contribution in [-0.4, -0.2) is 38.7 Å². The topological polar surface area (TPSA) is 97.6 Å². The number of esters is 1. The molecule has 0 radical (unpaired) electrons. The lowest BCUT2D eigenvalue weighted by atomic mass is 9.79. The van der Waals surface area contributed by atoms with E-state index in [1.54, 1.807) is 36.7 Å².